The molecule has 0 aromatic carbocycles. The highest BCUT2D eigenvalue weighted by molar-refractivity contribution is 5.79. The van der Waals surface area contributed by atoms with Gasteiger partial charge in [0.15, 0.2) is 0 Å². The maximum absolute atomic E-state index is 11.4. The van der Waals surface area contributed by atoms with E-state index >= 15 is 0 Å². The number of ketones is 1. The highest BCUT2D eigenvalue weighted by Crippen LogP contribution is 2.16. The fourth-order valence-electron chi connectivity index (χ4n) is 1.90. The molecule has 1 aromatic heterocycles. The van der Waals surface area contributed by atoms with Crippen molar-refractivity contribution in [2.75, 3.05) is 18.0 Å². The van der Waals surface area contributed by atoms with E-state index in [1.54, 1.807) is 0 Å². The fourth-order valence-corrected chi connectivity index (χ4v) is 1.90. The van der Waals surface area contributed by atoms with Crippen LogP contribution < -0.4 is 4.90 Å². The van der Waals surface area contributed by atoms with Gasteiger partial charge in [0.05, 0.1) is 6.42 Å². The van der Waals surface area contributed by atoms with Crippen LogP contribution in [0.1, 0.15) is 38.5 Å². The Bertz CT molecular complexity index is 356. The molecule has 0 unspecified atom stereocenters. The molecule has 5 nitrogen and oxygen atoms in total. The van der Waals surface area contributed by atoms with Crippen LogP contribution in [0, 0.1) is 0 Å². The third-order valence-corrected chi connectivity index (χ3v) is 2.72. The second-order valence-electron chi connectivity index (χ2n) is 4.15. The molecular formula is C11H17N3O2. The molecule has 0 N–H and O–H groups in total. The first-order valence-corrected chi connectivity index (χ1v) is 5.89. The Balaban J connectivity index is 1.93. The van der Waals surface area contributed by atoms with Gasteiger partial charge >= 0.3 is 0 Å². The van der Waals surface area contributed by atoms with Gasteiger partial charge in [-0.1, -0.05) is 6.92 Å². The minimum Gasteiger partial charge on any atom is -0.338 e. The zero-order valence-electron chi connectivity index (χ0n) is 9.61. The normalized spacial score (nSPS) is 15.7. The summed E-state index contributed by atoms with van der Waals surface area (Å²) in [5, 5.41) is 3.90. The number of hydrogen-bond donors (Lipinski definition) is 0. The van der Waals surface area contributed by atoms with Crippen molar-refractivity contribution in [3.05, 3.63) is 5.89 Å². The predicted molar refractivity (Wildman–Crippen MR) is 59.4 cm³/mol. The summed E-state index contributed by atoms with van der Waals surface area (Å²) < 4.78 is 5.07. The molecule has 88 valence electrons. The minimum absolute atomic E-state index is 0.166. The molecule has 2 rings (SSSR count). The Labute approximate surface area is 94.8 Å². The van der Waals surface area contributed by atoms with Gasteiger partial charge in [0.1, 0.15) is 5.78 Å². The van der Waals surface area contributed by atoms with Crippen LogP contribution in [-0.4, -0.2) is 29.0 Å². The van der Waals surface area contributed by atoms with Crippen molar-refractivity contribution >= 4 is 11.7 Å². The maximum atomic E-state index is 11.4. The van der Waals surface area contributed by atoms with Gasteiger partial charge in [-0.2, -0.15) is 4.98 Å². The molecule has 0 amide bonds. The molecule has 0 radical (unpaired) electrons. The van der Waals surface area contributed by atoms with Crippen molar-refractivity contribution in [2.45, 2.75) is 39.0 Å². The Morgan fingerprint density at radius 1 is 1.44 bits per heavy atom. The van der Waals surface area contributed by atoms with Gasteiger partial charge in [-0.05, 0) is 24.4 Å². The zero-order chi connectivity index (χ0) is 11.4. The van der Waals surface area contributed by atoms with E-state index in [4.69, 9.17) is 4.52 Å². The van der Waals surface area contributed by atoms with Gasteiger partial charge in [0, 0.05) is 19.5 Å². The minimum atomic E-state index is 0.166. The van der Waals surface area contributed by atoms with E-state index in [1.807, 2.05) is 6.92 Å². The summed E-state index contributed by atoms with van der Waals surface area (Å²) in [6.07, 6.45) is 4.08. The van der Waals surface area contributed by atoms with E-state index in [1.165, 1.54) is 12.8 Å². The first kappa shape index (κ1) is 11.1. The van der Waals surface area contributed by atoms with E-state index in [0.29, 0.717) is 18.3 Å². The van der Waals surface area contributed by atoms with Gasteiger partial charge in [0.25, 0.3) is 5.95 Å². The molecule has 0 atom stereocenters. The SMILES string of the molecule is CCCC(=O)Cc1nc(N2CCCC2)no1. The van der Waals surface area contributed by atoms with Crippen LogP contribution in [0.25, 0.3) is 0 Å². The lowest BCUT2D eigenvalue weighted by atomic mass is 10.2. The van der Waals surface area contributed by atoms with Crippen molar-refractivity contribution in [1.29, 1.82) is 0 Å². The quantitative estimate of drug-likeness (QED) is 0.758. The fraction of sp³-hybridized carbons (Fsp3) is 0.727. The van der Waals surface area contributed by atoms with E-state index in [0.717, 1.165) is 19.5 Å². The van der Waals surface area contributed by atoms with Crippen molar-refractivity contribution in [1.82, 2.24) is 10.1 Å². The second kappa shape index (κ2) is 5.09. The molecule has 0 spiro atoms. The number of hydrogen-bond acceptors (Lipinski definition) is 5. The maximum Gasteiger partial charge on any atom is 0.266 e. The zero-order valence-corrected chi connectivity index (χ0v) is 9.61. The molecule has 1 aromatic rings. The number of Topliss-reactive ketones (excluding diaryl/α,β-unsaturated/α-hetero) is 1. The average molecular weight is 223 g/mol. The summed E-state index contributed by atoms with van der Waals surface area (Å²) in [6.45, 7) is 3.96. The number of carbonyl (C=O) groups is 1. The molecule has 5 heteroatoms. The topological polar surface area (TPSA) is 59.2 Å². The van der Waals surface area contributed by atoms with Crippen molar-refractivity contribution < 1.29 is 9.32 Å². The van der Waals surface area contributed by atoms with Crippen LogP contribution in [0.15, 0.2) is 4.52 Å². The summed E-state index contributed by atoms with van der Waals surface area (Å²) in [5.41, 5.74) is 0. The van der Waals surface area contributed by atoms with E-state index in [9.17, 15) is 4.79 Å². The standard InChI is InChI=1S/C11H17N3O2/c1-2-5-9(15)8-10-12-11(13-16-10)14-6-3-4-7-14/h2-8H2,1H3. The van der Waals surface area contributed by atoms with E-state index in [2.05, 4.69) is 15.0 Å². The van der Waals surface area contributed by atoms with Crippen molar-refractivity contribution in [3.8, 4) is 0 Å². The lowest BCUT2D eigenvalue weighted by molar-refractivity contribution is -0.118. The lowest BCUT2D eigenvalue weighted by Gasteiger charge is -2.09. The summed E-state index contributed by atoms with van der Waals surface area (Å²) in [4.78, 5) is 17.7. The monoisotopic (exact) mass is 223 g/mol. The first-order valence-electron chi connectivity index (χ1n) is 5.89. The average Bonchev–Trinajstić information content (AvgIpc) is 2.86. The van der Waals surface area contributed by atoms with Gasteiger partial charge in [-0.3, -0.25) is 4.79 Å². The Morgan fingerprint density at radius 2 is 2.19 bits per heavy atom. The summed E-state index contributed by atoms with van der Waals surface area (Å²) in [7, 11) is 0. The van der Waals surface area contributed by atoms with Crippen LogP contribution in [0.3, 0.4) is 0 Å². The molecule has 1 aliphatic rings. The molecule has 1 aliphatic heterocycles. The third-order valence-electron chi connectivity index (χ3n) is 2.72. The van der Waals surface area contributed by atoms with Crippen LogP contribution in [0.4, 0.5) is 5.95 Å². The number of rotatable bonds is 5. The molecule has 0 bridgehead atoms. The smallest absolute Gasteiger partial charge is 0.266 e. The second-order valence-corrected chi connectivity index (χ2v) is 4.15. The number of aromatic nitrogens is 2. The highest BCUT2D eigenvalue weighted by atomic mass is 16.5. The molecule has 0 saturated carbocycles. The molecule has 1 fully saturated rings. The Hall–Kier alpha value is -1.39. The summed E-state index contributed by atoms with van der Waals surface area (Å²) in [6, 6.07) is 0. The van der Waals surface area contributed by atoms with Gasteiger partial charge in [0.2, 0.25) is 5.89 Å². The lowest BCUT2D eigenvalue weighted by Crippen LogP contribution is -2.19. The molecule has 16 heavy (non-hydrogen) atoms. The van der Waals surface area contributed by atoms with Crippen molar-refractivity contribution in [2.24, 2.45) is 0 Å². The molecule has 1 saturated heterocycles. The first-order chi connectivity index (χ1) is 7.79. The summed E-state index contributed by atoms with van der Waals surface area (Å²) in [5.74, 6) is 1.25. The van der Waals surface area contributed by atoms with E-state index in [-0.39, 0.29) is 12.2 Å². The molecule has 2 heterocycles. The van der Waals surface area contributed by atoms with Crippen LogP contribution in [-0.2, 0) is 11.2 Å². The number of carbonyl (C=O) groups excluding carboxylic acids is 1. The largest absolute Gasteiger partial charge is 0.338 e. The van der Waals surface area contributed by atoms with Gasteiger partial charge in [-0.15, -0.1) is 0 Å². The number of anilines is 1. The molecule has 0 aliphatic carbocycles. The van der Waals surface area contributed by atoms with Gasteiger partial charge in [-0.25, -0.2) is 0 Å². The van der Waals surface area contributed by atoms with E-state index < -0.39 is 0 Å². The summed E-state index contributed by atoms with van der Waals surface area (Å²) >= 11 is 0. The van der Waals surface area contributed by atoms with Crippen LogP contribution >= 0.6 is 0 Å². The third kappa shape index (κ3) is 2.59. The Morgan fingerprint density at radius 3 is 2.88 bits per heavy atom. The number of nitrogens with zero attached hydrogens (tertiary/aromatic N) is 3. The van der Waals surface area contributed by atoms with Crippen molar-refractivity contribution in [3.63, 3.8) is 0 Å². The predicted octanol–water partition coefficient (Wildman–Crippen LogP) is 1.58. The van der Waals surface area contributed by atoms with Crippen LogP contribution in [0.5, 0.6) is 0 Å². The van der Waals surface area contributed by atoms with Gasteiger partial charge < -0.3 is 9.42 Å². The Kier molecular flexibility index (Phi) is 3.54. The molecular weight excluding hydrogens is 206 g/mol. The van der Waals surface area contributed by atoms with Crippen LogP contribution in [0.2, 0.25) is 0 Å². The highest BCUT2D eigenvalue weighted by Gasteiger charge is 2.18.